The van der Waals surface area contributed by atoms with Gasteiger partial charge < -0.3 is 20.0 Å². The number of aliphatic carboxylic acids is 1. The third-order valence-corrected chi connectivity index (χ3v) is 4.70. The summed E-state index contributed by atoms with van der Waals surface area (Å²) in [6.45, 7) is 2.02. The minimum absolute atomic E-state index is 0.0586. The number of allylic oxidation sites excluding steroid dienone is 2. The fourth-order valence-corrected chi connectivity index (χ4v) is 3.63. The molecule has 2 aliphatic carbocycles. The van der Waals surface area contributed by atoms with Gasteiger partial charge in [0.1, 0.15) is 0 Å². The van der Waals surface area contributed by atoms with Gasteiger partial charge in [0.2, 0.25) is 5.91 Å². The number of amides is 1. The van der Waals surface area contributed by atoms with Gasteiger partial charge in [0, 0.05) is 17.6 Å². The molecule has 1 aromatic carbocycles. The molecule has 3 rings (SSSR count). The second-order valence-electron chi connectivity index (χ2n) is 6.11. The molecule has 4 atom stereocenters. The second-order valence-corrected chi connectivity index (χ2v) is 6.11. The number of hydrogen-bond donors (Lipinski definition) is 1. The van der Waals surface area contributed by atoms with Crippen molar-refractivity contribution in [2.45, 2.75) is 13.3 Å². The van der Waals surface area contributed by atoms with Crippen molar-refractivity contribution in [3.05, 3.63) is 42.0 Å². The van der Waals surface area contributed by atoms with Crippen molar-refractivity contribution < 1.29 is 24.2 Å². The van der Waals surface area contributed by atoms with Crippen LogP contribution in [0.3, 0.4) is 0 Å². The Morgan fingerprint density at radius 2 is 1.75 bits per heavy atom. The van der Waals surface area contributed by atoms with E-state index in [9.17, 15) is 19.5 Å². The van der Waals surface area contributed by atoms with Crippen molar-refractivity contribution >= 4 is 23.5 Å². The number of ether oxygens (including phenoxy) is 1. The van der Waals surface area contributed by atoms with Gasteiger partial charge in [0.15, 0.2) is 0 Å². The molecule has 0 heterocycles. The third-order valence-electron chi connectivity index (χ3n) is 4.70. The van der Waals surface area contributed by atoms with Crippen LogP contribution in [0, 0.1) is 23.7 Å². The van der Waals surface area contributed by atoms with E-state index in [1.165, 1.54) is 0 Å². The number of fused-ring (bicyclic) bond motifs is 2. The van der Waals surface area contributed by atoms with Crippen molar-refractivity contribution in [2.24, 2.45) is 23.7 Å². The Bertz CT molecular complexity index is 694. The molecule has 0 aromatic heterocycles. The fraction of sp³-hybridized carbons (Fsp3) is 0.389. The van der Waals surface area contributed by atoms with Gasteiger partial charge in [0.25, 0.3) is 0 Å². The highest BCUT2D eigenvalue weighted by Gasteiger charge is 2.48. The lowest BCUT2D eigenvalue weighted by Gasteiger charge is -2.27. The first-order valence-corrected chi connectivity index (χ1v) is 7.98. The zero-order valence-corrected chi connectivity index (χ0v) is 13.2. The van der Waals surface area contributed by atoms with Crippen molar-refractivity contribution in [1.82, 2.24) is 0 Å². The molecule has 0 aliphatic heterocycles. The molecule has 6 nitrogen and oxygen atoms in total. The van der Waals surface area contributed by atoms with Crippen LogP contribution >= 0.6 is 0 Å². The number of anilines is 1. The number of carbonyl (C=O) groups is 3. The zero-order valence-electron chi connectivity index (χ0n) is 13.2. The van der Waals surface area contributed by atoms with Crippen molar-refractivity contribution in [2.75, 3.05) is 11.9 Å². The minimum atomic E-state index is -1.18. The molecular formula is C18H18NO5-. The molecule has 126 valence electrons. The molecule has 2 bridgehead atoms. The molecule has 1 aromatic rings. The number of hydrogen-bond acceptors (Lipinski definition) is 5. The quantitative estimate of drug-likeness (QED) is 0.642. The van der Waals surface area contributed by atoms with Gasteiger partial charge in [-0.05, 0) is 49.4 Å². The SMILES string of the molecule is CCOC(=O)c1ccc(NC(=O)[C@@H]2[C@@H](C(=O)[O-])[C@H]3C=C[C@H]2C3)cc1. The predicted molar refractivity (Wildman–Crippen MR) is 83.8 cm³/mol. The summed E-state index contributed by atoms with van der Waals surface area (Å²) >= 11 is 0. The summed E-state index contributed by atoms with van der Waals surface area (Å²) in [6, 6.07) is 6.32. The maximum Gasteiger partial charge on any atom is 0.338 e. The van der Waals surface area contributed by atoms with E-state index in [1.807, 2.05) is 12.2 Å². The summed E-state index contributed by atoms with van der Waals surface area (Å²) < 4.78 is 4.90. The van der Waals surface area contributed by atoms with E-state index in [4.69, 9.17) is 4.74 Å². The fourth-order valence-electron chi connectivity index (χ4n) is 3.63. The van der Waals surface area contributed by atoms with Crippen LogP contribution in [0.5, 0.6) is 0 Å². The van der Waals surface area contributed by atoms with E-state index < -0.39 is 23.8 Å². The predicted octanol–water partition coefficient (Wildman–Crippen LogP) is 0.990. The van der Waals surface area contributed by atoms with Crippen molar-refractivity contribution in [1.29, 1.82) is 0 Å². The average molecular weight is 328 g/mol. The normalized spacial score (nSPS) is 27.0. The summed E-state index contributed by atoms with van der Waals surface area (Å²) in [6.07, 6.45) is 4.46. The van der Waals surface area contributed by atoms with Gasteiger partial charge in [0.05, 0.1) is 18.1 Å². The average Bonchev–Trinajstić information content (AvgIpc) is 3.16. The van der Waals surface area contributed by atoms with Gasteiger partial charge >= 0.3 is 5.97 Å². The van der Waals surface area contributed by atoms with Gasteiger partial charge in [-0.25, -0.2) is 4.79 Å². The van der Waals surface area contributed by atoms with Gasteiger partial charge in [-0.1, -0.05) is 12.2 Å². The molecule has 0 saturated heterocycles. The maximum atomic E-state index is 12.5. The van der Waals surface area contributed by atoms with Crippen LogP contribution in [0.1, 0.15) is 23.7 Å². The number of carboxylic acids is 1. The van der Waals surface area contributed by atoms with E-state index in [2.05, 4.69) is 5.32 Å². The molecule has 1 saturated carbocycles. The number of esters is 1. The Morgan fingerprint density at radius 3 is 2.33 bits per heavy atom. The molecule has 1 amide bonds. The largest absolute Gasteiger partial charge is 0.550 e. The highest BCUT2D eigenvalue weighted by Crippen LogP contribution is 2.48. The van der Waals surface area contributed by atoms with Crippen LogP contribution in [0.4, 0.5) is 5.69 Å². The monoisotopic (exact) mass is 328 g/mol. The Labute approximate surface area is 139 Å². The Hall–Kier alpha value is -2.63. The molecular weight excluding hydrogens is 310 g/mol. The molecule has 0 spiro atoms. The topological polar surface area (TPSA) is 95.5 Å². The van der Waals surface area contributed by atoms with Crippen LogP contribution in [-0.4, -0.2) is 24.5 Å². The standard InChI is InChI=1S/C18H19NO5/c1-2-24-18(23)10-5-7-13(8-6-10)19-16(20)14-11-3-4-12(9-11)15(14)17(21)22/h3-8,11-12,14-15H,2,9H2,1H3,(H,19,20)(H,21,22)/p-1/t11-,12-,14-,15-/m0/s1. The molecule has 24 heavy (non-hydrogen) atoms. The van der Waals surface area contributed by atoms with Gasteiger partial charge in [-0.3, -0.25) is 4.79 Å². The second kappa shape index (κ2) is 6.47. The number of nitrogens with one attached hydrogen (secondary N) is 1. The molecule has 0 unspecified atom stereocenters. The highest BCUT2D eigenvalue weighted by atomic mass is 16.5. The van der Waals surface area contributed by atoms with Crippen LogP contribution in [-0.2, 0) is 14.3 Å². The van der Waals surface area contributed by atoms with E-state index in [0.29, 0.717) is 24.3 Å². The summed E-state index contributed by atoms with van der Waals surface area (Å²) in [7, 11) is 0. The highest BCUT2D eigenvalue weighted by molar-refractivity contribution is 5.97. The molecule has 2 aliphatic rings. The smallest absolute Gasteiger partial charge is 0.338 e. The number of carboxylic acid groups (broad SMARTS) is 1. The van der Waals surface area contributed by atoms with Crippen LogP contribution < -0.4 is 10.4 Å². The lowest BCUT2D eigenvalue weighted by molar-refractivity contribution is -0.313. The van der Waals surface area contributed by atoms with E-state index >= 15 is 0 Å². The van der Waals surface area contributed by atoms with Crippen LogP contribution in [0.25, 0.3) is 0 Å². The Morgan fingerprint density at radius 1 is 1.12 bits per heavy atom. The first kappa shape index (κ1) is 16.2. The first-order valence-electron chi connectivity index (χ1n) is 7.98. The van der Waals surface area contributed by atoms with Crippen molar-refractivity contribution in [3.8, 4) is 0 Å². The first-order chi connectivity index (χ1) is 11.5. The molecule has 1 fully saturated rings. The summed E-state index contributed by atoms with van der Waals surface area (Å²) in [4.78, 5) is 35.5. The lowest BCUT2D eigenvalue weighted by atomic mass is 9.82. The number of carbonyl (C=O) groups excluding carboxylic acids is 3. The van der Waals surface area contributed by atoms with Crippen LogP contribution in [0.2, 0.25) is 0 Å². The van der Waals surface area contributed by atoms with E-state index in [-0.39, 0.29) is 17.7 Å². The molecule has 0 radical (unpaired) electrons. The zero-order chi connectivity index (χ0) is 17.3. The van der Waals surface area contributed by atoms with E-state index in [0.717, 1.165) is 0 Å². The summed E-state index contributed by atoms with van der Waals surface area (Å²) in [5.74, 6) is -3.51. The summed E-state index contributed by atoms with van der Waals surface area (Å²) in [5, 5.41) is 14.1. The van der Waals surface area contributed by atoms with Gasteiger partial charge in [-0.2, -0.15) is 0 Å². The molecule has 6 heteroatoms. The third kappa shape index (κ3) is 2.91. The lowest BCUT2D eigenvalue weighted by Crippen LogP contribution is -2.42. The van der Waals surface area contributed by atoms with Crippen LogP contribution in [0.15, 0.2) is 36.4 Å². The summed E-state index contributed by atoms with van der Waals surface area (Å²) in [5.41, 5.74) is 0.905. The number of benzene rings is 1. The molecule has 1 N–H and O–H groups in total. The minimum Gasteiger partial charge on any atom is -0.550 e. The Balaban J connectivity index is 1.70. The Kier molecular flexibility index (Phi) is 4.38. The number of rotatable bonds is 5. The maximum absolute atomic E-state index is 12.5. The van der Waals surface area contributed by atoms with E-state index in [1.54, 1.807) is 31.2 Å². The van der Waals surface area contributed by atoms with Crippen molar-refractivity contribution in [3.63, 3.8) is 0 Å². The van der Waals surface area contributed by atoms with Gasteiger partial charge in [-0.15, -0.1) is 0 Å².